The van der Waals surface area contributed by atoms with Crippen LogP contribution in [0, 0.1) is 0 Å². The van der Waals surface area contributed by atoms with Crippen LogP contribution in [0.15, 0.2) is 22.8 Å². The summed E-state index contributed by atoms with van der Waals surface area (Å²) in [7, 11) is 0. The summed E-state index contributed by atoms with van der Waals surface area (Å²) < 4.78 is 10.7. The highest BCUT2D eigenvalue weighted by atomic mass is 32.2. The Labute approximate surface area is 107 Å². The smallest absolute Gasteiger partial charge is 0.120 e. The lowest BCUT2D eigenvalue weighted by Crippen LogP contribution is -2.23. The topological polar surface area (TPSA) is 34.4 Å². The van der Waals surface area contributed by atoms with E-state index in [2.05, 4.69) is 24.0 Å². The van der Waals surface area contributed by atoms with Gasteiger partial charge in [-0.1, -0.05) is 0 Å². The van der Waals surface area contributed by atoms with Crippen LogP contribution in [-0.4, -0.2) is 30.8 Å². The molecule has 1 aliphatic heterocycles. The molecular formula is C13H21NO2S. The minimum absolute atomic E-state index is 0.306. The predicted molar refractivity (Wildman–Crippen MR) is 71.4 cm³/mol. The summed E-state index contributed by atoms with van der Waals surface area (Å²) in [6.07, 6.45) is 4.14. The molecule has 1 aliphatic rings. The second-order valence-electron chi connectivity index (χ2n) is 4.37. The van der Waals surface area contributed by atoms with Gasteiger partial charge < -0.3 is 14.5 Å². The first-order valence-corrected chi connectivity index (χ1v) is 7.37. The van der Waals surface area contributed by atoms with Crippen molar-refractivity contribution in [3.05, 3.63) is 24.2 Å². The van der Waals surface area contributed by atoms with Crippen LogP contribution in [0.5, 0.6) is 0 Å². The Morgan fingerprint density at radius 3 is 3.00 bits per heavy atom. The molecule has 4 heteroatoms. The van der Waals surface area contributed by atoms with E-state index < -0.39 is 0 Å². The van der Waals surface area contributed by atoms with Crippen LogP contribution in [0.1, 0.15) is 31.6 Å². The predicted octanol–water partition coefficient (Wildman–Crippen LogP) is 2.84. The van der Waals surface area contributed by atoms with Crippen LogP contribution in [0.4, 0.5) is 0 Å². The molecule has 1 N–H and O–H groups in total. The van der Waals surface area contributed by atoms with Crippen molar-refractivity contribution in [2.75, 3.05) is 25.5 Å². The third kappa shape index (κ3) is 4.37. The Balaban J connectivity index is 1.56. The van der Waals surface area contributed by atoms with Crippen LogP contribution in [-0.2, 0) is 4.74 Å². The molecule has 0 aliphatic carbocycles. The Bertz CT molecular complexity index is 296. The molecule has 96 valence electrons. The highest BCUT2D eigenvalue weighted by Gasteiger charge is 2.14. The molecule has 1 aromatic rings. The molecule has 0 bridgehead atoms. The van der Waals surface area contributed by atoms with Crippen molar-refractivity contribution in [1.82, 2.24) is 5.32 Å². The molecule has 1 saturated heterocycles. The first-order chi connectivity index (χ1) is 8.36. The second kappa shape index (κ2) is 7.09. The minimum atomic E-state index is 0.306. The summed E-state index contributed by atoms with van der Waals surface area (Å²) in [6, 6.07) is 4.26. The average molecular weight is 255 g/mol. The van der Waals surface area contributed by atoms with Crippen molar-refractivity contribution in [3.8, 4) is 0 Å². The quantitative estimate of drug-likeness (QED) is 0.793. The van der Waals surface area contributed by atoms with Gasteiger partial charge in [0.15, 0.2) is 0 Å². The van der Waals surface area contributed by atoms with Gasteiger partial charge in [-0.2, -0.15) is 11.8 Å². The summed E-state index contributed by atoms with van der Waals surface area (Å²) in [5.41, 5.74) is 0. The molecule has 2 rings (SSSR count). The van der Waals surface area contributed by atoms with Gasteiger partial charge in [-0.05, 0) is 31.9 Å². The lowest BCUT2D eigenvalue weighted by molar-refractivity contribution is 0.100. The van der Waals surface area contributed by atoms with Crippen molar-refractivity contribution < 1.29 is 9.15 Å². The van der Waals surface area contributed by atoms with Crippen LogP contribution < -0.4 is 5.32 Å². The largest absolute Gasteiger partial charge is 0.468 e. The van der Waals surface area contributed by atoms with E-state index in [9.17, 15) is 0 Å². The van der Waals surface area contributed by atoms with Crippen molar-refractivity contribution in [2.45, 2.75) is 31.1 Å². The summed E-state index contributed by atoms with van der Waals surface area (Å²) in [4.78, 5) is 0. The molecule has 1 fully saturated rings. The van der Waals surface area contributed by atoms with Crippen LogP contribution in [0.3, 0.4) is 0 Å². The van der Waals surface area contributed by atoms with E-state index in [0.717, 1.165) is 36.5 Å². The monoisotopic (exact) mass is 255 g/mol. The molecule has 0 radical (unpaired) electrons. The lowest BCUT2D eigenvalue weighted by atomic mass is 10.2. The maximum absolute atomic E-state index is 5.36. The standard InChI is InChI=1S/C13H21NO2S/c1-11(13-3-2-7-16-13)14-6-10-17-12-4-8-15-9-5-12/h2-3,7,11-12,14H,4-6,8-10H2,1H3. The molecule has 17 heavy (non-hydrogen) atoms. The van der Waals surface area contributed by atoms with Gasteiger partial charge in [-0.15, -0.1) is 0 Å². The molecule has 2 heterocycles. The second-order valence-corrected chi connectivity index (χ2v) is 5.78. The van der Waals surface area contributed by atoms with E-state index in [1.165, 1.54) is 12.8 Å². The van der Waals surface area contributed by atoms with E-state index in [1.807, 2.05) is 12.1 Å². The van der Waals surface area contributed by atoms with Crippen molar-refractivity contribution in [1.29, 1.82) is 0 Å². The first kappa shape index (κ1) is 13.0. The van der Waals surface area contributed by atoms with Gasteiger partial charge in [0.2, 0.25) is 0 Å². The third-order valence-corrected chi connectivity index (χ3v) is 4.43. The lowest BCUT2D eigenvalue weighted by Gasteiger charge is -2.21. The number of rotatable bonds is 6. The Kier molecular flexibility index (Phi) is 5.42. The molecule has 1 aromatic heterocycles. The molecule has 1 atom stereocenters. The SMILES string of the molecule is CC(NCCSC1CCOCC1)c1ccco1. The fraction of sp³-hybridized carbons (Fsp3) is 0.692. The van der Waals surface area contributed by atoms with Gasteiger partial charge in [0.1, 0.15) is 5.76 Å². The maximum Gasteiger partial charge on any atom is 0.120 e. The summed E-state index contributed by atoms with van der Waals surface area (Å²) in [6.45, 7) is 5.05. The summed E-state index contributed by atoms with van der Waals surface area (Å²) >= 11 is 2.06. The molecule has 0 spiro atoms. The number of nitrogens with one attached hydrogen (secondary N) is 1. The van der Waals surface area contributed by atoms with Crippen molar-refractivity contribution >= 4 is 11.8 Å². The maximum atomic E-state index is 5.36. The Hall–Kier alpha value is -0.450. The number of hydrogen-bond donors (Lipinski definition) is 1. The summed E-state index contributed by atoms with van der Waals surface area (Å²) in [5, 5.41) is 4.27. The fourth-order valence-electron chi connectivity index (χ4n) is 1.98. The van der Waals surface area contributed by atoms with Crippen molar-refractivity contribution in [2.24, 2.45) is 0 Å². The highest BCUT2D eigenvalue weighted by Crippen LogP contribution is 2.21. The zero-order valence-corrected chi connectivity index (χ0v) is 11.2. The number of furan rings is 1. The molecule has 0 amide bonds. The van der Waals surface area contributed by atoms with Gasteiger partial charge in [-0.3, -0.25) is 0 Å². The highest BCUT2D eigenvalue weighted by molar-refractivity contribution is 7.99. The zero-order chi connectivity index (χ0) is 11.9. The van der Waals surface area contributed by atoms with Gasteiger partial charge in [-0.25, -0.2) is 0 Å². The zero-order valence-electron chi connectivity index (χ0n) is 10.4. The van der Waals surface area contributed by atoms with Crippen LogP contribution in [0.2, 0.25) is 0 Å². The van der Waals surface area contributed by atoms with E-state index in [0.29, 0.717) is 6.04 Å². The van der Waals surface area contributed by atoms with E-state index in [4.69, 9.17) is 9.15 Å². The number of hydrogen-bond acceptors (Lipinski definition) is 4. The molecular weight excluding hydrogens is 234 g/mol. The Morgan fingerprint density at radius 2 is 2.29 bits per heavy atom. The third-order valence-electron chi connectivity index (χ3n) is 3.04. The Morgan fingerprint density at radius 1 is 1.47 bits per heavy atom. The van der Waals surface area contributed by atoms with E-state index in [1.54, 1.807) is 6.26 Å². The van der Waals surface area contributed by atoms with Crippen molar-refractivity contribution in [3.63, 3.8) is 0 Å². The van der Waals surface area contributed by atoms with Gasteiger partial charge in [0.05, 0.1) is 12.3 Å². The van der Waals surface area contributed by atoms with Gasteiger partial charge in [0, 0.05) is 30.8 Å². The molecule has 0 saturated carbocycles. The average Bonchev–Trinajstić information content (AvgIpc) is 2.89. The minimum Gasteiger partial charge on any atom is -0.468 e. The van der Waals surface area contributed by atoms with Crippen LogP contribution in [0.25, 0.3) is 0 Å². The molecule has 0 aromatic carbocycles. The van der Waals surface area contributed by atoms with E-state index >= 15 is 0 Å². The summed E-state index contributed by atoms with van der Waals surface area (Å²) in [5.74, 6) is 2.18. The number of ether oxygens (including phenoxy) is 1. The fourth-order valence-corrected chi connectivity index (χ4v) is 3.08. The van der Waals surface area contributed by atoms with E-state index in [-0.39, 0.29) is 0 Å². The number of thioether (sulfide) groups is 1. The van der Waals surface area contributed by atoms with Gasteiger partial charge >= 0.3 is 0 Å². The van der Waals surface area contributed by atoms with Gasteiger partial charge in [0.25, 0.3) is 0 Å². The van der Waals surface area contributed by atoms with Crippen LogP contribution >= 0.6 is 11.8 Å². The normalized spacial score (nSPS) is 19.4. The molecule has 3 nitrogen and oxygen atoms in total. The first-order valence-electron chi connectivity index (χ1n) is 6.32. The molecule has 1 unspecified atom stereocenters.